The highest BCUT2D eigenvalue weighted by atomic mass is 16.4. The fourth-order valence-corrected chi connectivity index (χ4v) is 3.48. The molecule has 1 aromatic carbocycles. The predicted molar refractivity (Wildman–Crippen MR) is 142 cm³/mol. The Bertz CT molecular complexity index is 1040. The number of carboxylic acids is 1. The molecule has 1 aromatic rings. The second-order valence-corrected chi connectivity index (χ2v) is 9.29. The minimum absolute atomic E-state index is 0.00720. The topological polar surface area (TPSA) is 278 Å². The van der Waals surface area contributed by atoms with Gasteiger partial charge in [0.05, 0.1) is 12.5 Å². The molecule has 0 spiro atoms. The molecule has 4 atom stereocenters. The molecule has 15 heteroatoms. The highest BCUT2D eigenvalue weighted by Crippen LogP contribution is 2.12. The summed E-state index contributed by atoms with van der Waals surface area (Å²) in [7, 11) is 0. The molecular weight excluding hydrogens is 512 g/mol. The van der Waals surface area contributed by atoms with Crippen molar-refractivity contribution in [2.45, 2.75) is 63.7 Å². The van der Waals surface area contributed by atoms with Gasteiger partial charge < -0.3 is 49.1 Å². The molecule has 0 bridgehead atoms. The summed E-state index contributed by atoms with van der Waals surface area (Å²) in [5, 5.41) is 26.5. The van der Waals surface area contributed by atoms with E-state index in [0.29, 0.717) is 5.56 Å². The zero-order valence-corrected chi connectivity index (χ0v) is 21.9. The van der Waals surface area contributed by atoms with Crippen molar-refractivity contribution in [3.8, 4) is 5.75 Å². The van der Waals surface area contributed by atoms with Crippen LogP contribution in [0.15, 0.2) is 29.3 Å². The smallest absolute Gasteiger partial charge is 0.326 e. The van der Waals surface area contributed by atoms with Gasteiger partial charge in [0.25, 0.3) is 0 Å². The van der Waals surface area contributed by atoms with Crippen LogP contribution in [0.5, 0.6) is 5.75 Å². The van der Waals surface area contributed by atoms with Gasteiger partial charge >= 0.3 is 5.97 Å². The zero-order chi connectivity index (χ0) is 29.7. The van der Waals surface area contributed by atoms with Gasteiger partial charge in [0.15, 0.2) is 5.96 Å². The minimum atomic E-state index is -1.32. The van der Waals surface area contributed by atoms with Crippen LogP contribution in [0.2, 0.25) is 0 Å². The predicted octanol–water partition coefficient (Wildman–Crippen LogP) is -2.61. The molecule has 216 valence electrons. The van der Waals surface area contributed by atoms with Crippen molar-refractivity contribution in [2.75, 3.05) is 6.54 Å². The number of phenols is 1. The Hall–Kier alpha value is -4.40. The first kappa shape index (κ1) is 32.6. The van der Waals surface area contributed by atoms with Crippen LogP contribution in [0.3, 0.4) is 0 Å². The lowest BCUT2D eigenvalue weighted by Gasteiger charge is -2.27. The molecule has 13 N–H and O–H groups in total. The molecule has 1 rings (SSSR count). The number of carboxylic acid groups (broad SMARTS) is 1. The maximum atomic E-state index is 13.2. The number of aromatic hydroxyl groups is 1. The fraction of sp³-hybridized carbons (Fsp3) is 0.500. The number of hydrogen-bond acceptors (Lipinski definition) is 8. The summed E-state index contributed by atoms with van der Waals surface area (Å²) in [5.74, 6) is -5.00. The number of nitrogens with zero attached hydrogens (tertiary/aromatic N) is 1. The van der Waals surface area contributed by atoms with Crippen molar-refractivity contribution in [1.82, 2.24) is 16.0 Å². The number of nitrogens with two attached hydrogens (primary N) is 4. The number of carbonyl (C=O) groups is 5. The minimum Gasteiger partial charge on any atom is -0.508 e. The first-order chi connectivity index (χ1) is 18.2. The SMILES string of the molecule is CC(C)C(NC(=O)C(CCCN=C(N)N)NC(=O)C(N)CC(N)=O)C(=O)NC(Cc1ccc(O)cc1)C(=O)O. The Morgan fingerprint density at radius 3 is 2.00 bits per heavy atom. The lowest BCUT2D eigenvalue weighted by atomic mass is 10.00. The van der Waals surface area contributed by atoms with Gasteiger partial charge in [0.1, 0.15) is 23.9 Å². The largest absolute Gasteiger partial charge is 0.508 e. The van der Waals surface area contributed by atoms with Gasteiger partial charge in [-0.2, -0.15) is 0 Å². The van der Waals surface area contributed by atoms with Gasteiger partial charge in [-0.05, 0) is 36.5 Å². The summed E-state index contributed by atoms with van der Waals surface area (Å²) < 4.78 is 0. The number of nitrogens with one attached hydrogen (secondary N) is 3. The third kappa shape index (κ3) is 12.1. The van der Waals surface area contributed by atoms with Crippen molar-refractivity contribution in [2.24, 2.45) is 33.8 Å². The summed E-state index contributed by atoms with van der Waals surface area (Å²) in [6, 6.07) is 0.893. The van der Waals surface area contributed by atoms with Crippen molar-refractivity contribution < 1.29 is 34.2 Å². The average Bonchev–Trinajstić information content (AvgIpc) is 2.83. The second kappa shape index (κ2) is 15.8. The first-order valence-electron chi connectivity index (χ1n) is 12.2. The standard InChI is InChI=1S/C24H38N8O7/c1-12(2)19(22(37)31-17(23(38)39)10-13-5-7-14(33)8-6-13)32-21(36)16(4-3-9-29-24(27)28)30-20(35)15(25)11-18(26)34/h5-8,12,15-17,19,33H,3-4,9-11,25H2,1-2H3,(H2,26,34)(H,30,35)(H,31,37)(H,32,36)(H,38,39)(H4,27,28,29). The fourth-order valence-electron chi connectivity index (χ4n) is 3.48. The summed E-state index contributed by atoms with van der Waals surface area (Å²) in [5.41, 5.74) is 21.9. The van der Waals surface area contributed by atoms with E-state index in [1.54, 1.807) is 13.8 Å². The van der Waals surface area contributed by atoms with Crippen molar-refractivity contribution in [1.29, 1.82) is 0 Å². The lowest BCUT2D eigenvalue weighted by Crippen LogP contribution is -2.58. The maximum absolute atomic E-state index is 13.2. The van der Waals surface area contributed by atoms with Gasteiger partial charge in [-0.25, -0.2) is 4.79 Å². The molecule has 0 aliphatic carbocycles. The summed E-state index contributed by atoms with van der Waals surface area (Å²) >= 11 is 0. The maximum Gasteiger partial charge on any atom is 0.326 e. The van der Waals surface area contributed by atoms with Crippen LogP contribution < -0.4 is 38.9 Å². The summed E-state index contributed by atoms with van der Waals surface area (Å²) in [6.07, 6.45) is -0.180. The van der Waals surface area contributed by atoms with Crippen molar-refractivity contribution in [3.05, 3.63) is 29.8 Å². The number of benzene rings is 1. The van der Waals surface area contributed by atoms with E-state index in [1.807, 2.05) is 0 Å². The lowest BCUT2D eigenvalue weighted by molar-refractivity contribution is -0.142. The van der Waals surface area contributed by atoms with E-state index in [1.165, 1.54) is 24.3 Å². The molecule has 0 radical (unpaired) electrons. The van der Waals surface area contributed by atoms with Crippen LogP contribution in [0.25, 0.3) is 0 Å². The van der Waals surface area contributed by atoms with E-state index in [4.69, 9.17) is 22.9 Å². The van der Waals surface area contributed by atoms with Crippen molar-refractivity contribution >= 4 is 35.6 Å². The normalized spacial score (nSPS) is 13.8. The van der Waals surface area contributed by atoms with Crippen molar-refractivity contribution in [3.63, 3.8) is 0 Å². The molecule has 0 fully saturated rings. The van der Waals surface area contributed by atoms with E-state index < -0.39 is 66.1 Å². The molecule has 39 heavy (non-hydrogen) atoms. The second-order valence-electron chi connectivity index (χ2n) is 9.29. The van der Waals surface area contributed by atoms with Gasteiger partial charge in [-0.3, -0.25) is 24.2 Å². The van der Waals surface area contributed by atoms with Crippen LogP contribution in [0.1, 0.15) is 38.7 Å². The summed E-state index contributed by atoms with van der Waals surface area (Å²) in [6.45, 7) is 3.45. The third-order valence-electron chi connectivity index (χ3n) is 5.57. The van der Waals surface area contributed by atoms with Crippen LogP contribution >= 0.6 is 0 Å². The average molecular weight is 551 g/mol. The van der Waals surface area contributed by atoms with E-state index in [2.05, 4.69) is 20.9 Å². The molecule has 0 aliphatic rings. The number of amides is 4. The van der Waals surface area contributed by atoms with Crippen LogP contribution in [-0.4, -0.2) is 76.5 Å². The first-order valence-corrected chi connectivity index (χ1v) is 12.2. The Labute approximate surface area is 225 Å². The number of aliphatic imine (C=N–C) groups is 1. The molecule has 0 heterocycles. The number of phenolic OH excluding ortho intramolecular Hbond substituents is 1. The molecule has 0 saturated heterocycles. The quantitative estimate of drug-likeness (QED) is 0.0587. The Morgan fingerprint density at radius 1 is 0.897 bits per heavy atom. The molecule has 0 saturated carbocycles. The number of rotatable bonds is 16. The van der Waals surface area contributed by atoms with Gasteiger partial charge in [0, 0.05) is 13.0 Å². The highest BCUT2D eigenvalue weighted by Gasteiger charge is 2.32. The molecular formula is C24H38N8O7. The molecule has 0 aliphatic heterocycles. The number of primary amides is 1. The number of carbonyl (C=O) groups excluding carboxylic acids is 4. The zero-order valence-electron chi connectivity index (χ0n) is 21.9. The Kier molecular flexibility index (Phi) is 13.2. The molecule has 15 nitrogen and oxygen atoms in total. The van der Waals surface area contributed by atoms with Gasteiger partial charge in [-0.15, -0.1) is 0 Å². The van der Waals surface area contributed by atoms with E-state index in [0.717, 1.165) is 0 Å². The molecule has 4 amide bonds. The molecule has 0 aromatic heterocycles. The number of guanidine groups is 1. The van der Waals surface area contributed by atoms with E-state index in [9.17, 15) is 34.2 Å². The van der Waals surface area contributed by atoms with Crippen LogP contribution in [-0.2, 0) is 30.4 Å². The third-order valence-corrected chi connectivity index (χ3v) is 5.57. The van der Waals surface area contributed by atoms with Crippen LogP contribution in [0.4, 0.5) is 0 Å². The number of hydrogen-bond donors (Lipinski definition) is 9. The van der Waals surface area contributed by atoms with E-state index >= 15 is 0 Å². The highest BCUT2D eigenvalue weighted by molar-refractivity contribution is 5.95. The summed E-state index contributed by atoms with van der Waals surface area (Å²) in [4.78, 5) is 65.4. The Balaban J connectivity index is 3.02. The van der Waals surface area contributed by atoms with Crippen LogP contribution in [0, 0.1) is 5.92 Å². The molecule has 4 unspecified atom stereocenters. The van der Waals surface area contributed by atoms with E-state index in [-0.39, 0.29) is 37.5 Å². The number of aliphatic carboxylic acids is 1. The van der Waals surface area contributed by atoms with Gasteiger partial charge in [-0.1, -0.05) is 26.0 Å². The Morgan fingerprint density at radius 2 is 1.49 bits per heavy atom. The van der Waals surface area contributed by atoms with Gasteiger partial charge in [0.2, 0.25) is 23.6 Å². The monoisotopic (exact) mass is 550 g/mol.